The van der Waals surface area contributed by atoms with Gasteiger partial charge < -0.3 is 4.90 Å². The summed E-state index contributed by atoms with van der Waals surface area (Å²) < 4.78 is 0. The summed E-state index contributed by atoms with van der Waals surface area (Å²) in [4.78, 5) is 24.8. The maximum atomic E-state index is 12.4. The van der Waals surface area contributed by atoms with Crippen LogP contribution in [-0.4, -0.2) is 51.9 Å². The summed E-state index contributed by atoms with van der Waals surface area (Å²) in [6.45, 7) is 4.18. The third kappa shape index (κ3) is 4.27. The Morgan fingerprint density at radius 1 is 1.09 bits per heavy atom. The normalized spacial score (nSPS) is 16.1. The van der Waals surface area contributed by atoms with Crippen molar-refractivity contribution in [2.24, 2.45) is 0 Å². The second kappa shape index (κ2) is 7.53. The van der Waals surface area contributed by atoms with Crippen LogP contribution in [0.15, 0.2) is 42.9 Å². The number of amides is 1. The SMILES string of the molecule is O=C(c1cnccn1)N1CCCN(Cc2ccc(Cl)cc2)CC1. The van der Waals surface area contributed by atoms with Crippen LogP contribution in [0.1, 0.15) is 22.5 Å². The van der Waals surface area contributed by atoms with Gasteiger partial charge in [0, 0.05) is 50.1 Å². The fraction of sp³-hybridized carbons (Fsp3) is 0.353. The van der Waals surface area contributed by atoms with Crippen molar-refractivity contribution in [3.63, 3.8) is 0 Å². The summed E-state index contributed by atoms with van der Waals surface area (Å²) in [5.41, 5.74) is 1.65. The van der Waals surface area contributed by atoms with Crippen molar-refractivity contribution in [2.75, 3.05) is 26.2 Å². The number of carbonyl (C=O) groups is 1. The highest BCUT2D eigenvalue weighted by atomic mass is 35.5. The Kier molecular flexibility index (Phi) is 5.20. The van der Waals surface area contributed by atoms with Gasteiger partial charge in [0.05, 0.1) is 6.20 Å². The number of carbonyl (C=O) groups excluding carboxylic acids is 1. The van der Waals surface area contributed by atoms with E-state index >= 15 is 0 Å². The van der Waals surface area contributed by atoms with Crippen molar-refractivity contribution in [1.29, 1.82) is 0 Å². The summed E-state index contributed by atoms with van der Waals surface area (Å²) >= 11 is 5.92. The van der Waals surface area contributed by atoms with Crippen LogP contribution in [-0.2, 0) is 6.54 Å². The summed E-state index contributed by atoms with van der Waals surface area (Å²) in [6.07, 6.45) is 5.61. The predicted molar refractivity (Wildman–Crippen MR) is 89.3 cm³/mol. The van der Waals surface area contributed by atoms with Crippen molar-refractivity contribution in [2.45, 2.75) is 13.0 Å². The first-order chi connectivity index (χ1) is 11.2. The van der Waals surface area contributed by atoms with Crippen molar-refractivity contribution in [3.05, 3.63) is 59.1 Å². The molecule has 1 aromatic carbocycles. The molecule has 0 radical (unpaired) electrons. The molecular formula is C17H19ClN4O. The molecule has 1 aliphatic rings. The van der Waals surface area contributed by atoms with Crippen molar-refractivity contribution in [1.82, 2.24) is 19.8 Å². The highest BCUT2D eigenvalue weighted by Crippen LogP contribution is 2.13. The van der Waals surface area contributed by atoms with E-state index in [0.29, 0.717) is 12.2 Å². The van der Waals surface area contributed by atoms with E-state index in [1.807, 2.05) is 17.0 Å². The monoisotopic (exact) mass is 330 g/mol. The third-order valence-electron chi connectivity index (χ3n) is 3.98. The van der Waals surface area contributed by atoms with Gasteiger partial charge in [0.1, 0.15) is 5.69 Å². The lowest BCUT2D eigenvalue weighted by Crippen LogP contribution is -2.35. The Balaban J connectivity index is 1.59. The predicted octanol–water partition coefficient (Wildman–Crippen LogP) is 2.48. The maximum absolute atomic E-state index is 12.4. The van der Waals surface area contributed by atoms with Gasteiger partial charge >= 0.3 is 0 Å². The van der Waals surface area contributed by atoms with Gasteiger partial charge in [0.2, 0.25) is 0 Å². The molecule has 0 saturated carbocycles. The molecular weight excluding hydrogens is 312 g/mol. The van der Waals surface area contributed by atoms with Crippen molar-refractivity contribution in [3.8, 4) is 0 Å². The molecule has 1 amide bonds. The lowest BCUT2D eigenvalue weighted by Gasteiger charge is -2.21. The first kappa shape index (κ1) is 15.9. The number of rotatable bonds is 3. The third-order valence-corrected chi connectivity index (χ3v) is 4.23. The lowest BCUT2D eigenvalue weighted by molar-refractivity contribution is 0.0754. The van der Waals surface area contributed by atoms with Gasteiger partial charge in [-0.25, -0.2) is 4.98 Å². The number of hydrogen-bond acceptors (Lipinski definition) is 4. The quantitative estimate of drug-likeness (QED) is 0.867. The molecule has 23 heavy (non-hydrogen) atoms. The molecule has 0 spiro atoms. The summed E-state index contributed by atoms with van der Waals surface area (Å²) in [5.74, 6) is -0.0357. The summed E-state index contributed by atoms with van der Waals surface area (Å²) in [7, 11) is 0. The average molecular weight is 331 g/mol. The van der Waals surface area contributed by atoms with Crippen LogP contribution in [0.3, 0.4) is 0 Å². The number of halogens is 1. The van der Waals surface area contributed by atoms with Crippen LogP contribution in [0.5, 0.6) is 0 Å². The van der Waals surface area contributed by atoms with E-state index in [2.05, 4.69) is 27.0 Å². The largest absolute Gasteiger partial charge is 0.336 e. The van der Waals surface area contributed by atoms with E-state index in [-0.39, 0.29) is 5.91 Å². The summed E-state index contributed by atoms with van der Waals surface area (Å²) in [6, 6.07) is 7.93. The molecule has 1 fully saturated rings. The first-order valence-electron chi connectivity index (χ1n) is 7.74. The zero-order chi connectivity index (χ0) is 16.1. The van der Waals surface area contributed by atoms with Gasteiger partial charge in [-0.3, -0.25) is 14.7 Å². The van der Waals surface area contributed by atoms with Gasteiger partial charge in [0.15, 0.2) is 0 Å². The molecule has 0 atom stereocenters. The fourth-order valence-electron chi connectivity index (χ4n) is 2.75. The number of hydrogen-bond donors (Lipinski definition) is 0. The standard InChI is InChI=1S/C17H19ClN4O/c18-15-4-2-14(3-5-15)13-21-8-1-9-22(11-10-21)17(23)16-12-19-6-7-20-16/h2-7,12H,1,8-11,13H2. The molecule has 2 aromatic rings. The van der Waals surface area contributed by atoms with E-state index in [1.54, 1.807) is 12.4 Å². The van der Waals surface area contributed by atoms with Crippen LogP contribution < -0.4 is 0 Å². The van der Waals surface area contributed by atoms with Crippen molar-refractivity contribution < 1.29 is 4.79 Å². The first-order valence-corrected chi connectivity index (χ1v) is 8.12. The van der Waals surface area contributed by atoms with Gasteiger partial charge in [-0.2, -0.15) is 0 Å². The topological polar surface area (TPSA) is 49.3 Å². The molecule has 0 bridgehead atoms. The average Bonchev–Trinajstić information content (AvgIpc) is 2.83. The van der Waals surface area contributed by atoms with Crippen LogP contribution in [0.25, 0.3) is 0 Å². The minimum Gasteiger partial charge on any atom is -0.336 e. The van der Waals surface area contributed by atoms with E-state index in [0.717, 1.165) is 37.6 Å². The Morgan fingerprint density at radius 2 is 1.91 bits per heavy atom. The van der Waals surface area contributed by atoms with Crippen LogP contribution in [0.2, 0.25) is 5.02 Å². The Hall–Kier alpha value is -1.98. The molecule has 120 valence electrons. The molecule has 1 saturated heterocycles. The molecule has 3 rings (SSSR count). The zero-order valence-electron chi connectivity index (χ0n) is 12.9. The maximum Gasteiger partial charge on any atom is 0.274 e. The zero-order valence-corrected chi connectivity index (χ0v) is 13.6. The molecule has 0 N–H and O–H groups in total. The summed E-state index contributed by atoms with van der Waals surface area (Å²) in [5, 5.41) is 0.755. The number of aromatic nitrogens is 2. The van der Waals surface area contributed by atoms with Crippen LogP contribution >= 0.6 is 11.6 Å². The van der Waals surface area contributed by atoms with Gasteiger partial charge in [-0.05, 0) is 24.1 Å². The van der Waals surface area contributed by atoms with Crippen LogP contribution in [0.4, 0.5) is 0 Å². The second-order valence-electron chi connectivity index (χ2n) is 5.64. The second-order valence-corrected chi connectivity index (χ2v) is 6.08. The molecule has 1 aliphatic heterocycles. The lowest BCUT2D eigenvalue weighted by atomic mass is 10.2. The number of benzene rings is 1. The minimum absolute atomic E-state index is 0.0357. The van der Waals surface area contributed by atoms with E-state index in [9.17, 15) is 4.79 Å². The molecule has 6 heteroatoms. The van der Waals surface area contributed by atoms with Gasteiger partial charge in [-0.15, -0.1) is 0 Å². The van der Waals surface area contributed by atoms with Crippen molar-refractivity contribution >= 4 is 17.5 Å². The Morgan fingerprint density at radius 3 is 2.65 bits per heavy atom. The Bertz CT molecular complexity index is 647. The van der Waals surface area contributed by atoms with E-state index in [4.69, 9.17) is 11.6 Å². The highest BCUT2D eigenvalue weighted by Gasteiger charge is 2.21. The van der Waals surface area contributed by atoms with E-state index < -0.39 is 0 Å². The van der Waals surface area contributed by atoms with E-state index in [1.165, 1.54) is 11.8 Å². The van der Waals surface area contributed by atoms with Gasteiger partial charge in [-0.1, -0.05) is 23.7 Å². The fourth-order valence-corrected chi connectivity index (χ4v) is 2.88. The number of nitrogens with zero attached hydrogens (tertiary/aromatic N) is 4. The molecule has 5 nitrogen and oxygen atoms in total. The van der Waals surface area contributed by atoms with Crippen LogP contribution in [0, 0.1) is 0 Å². The smallest absolute Gasteiger partial charge is 0.274 e. The molecule has 0 aliphatic carbocycles. The van der Waals surface area contributed by atoms with Gasteiger partial charge in [0.25, 0.3) is 5.91 Å². The Labute approximate surface area is 140 Å². The minimum atomic E-state index is -0.0357. The highest BCUT2D eigenvalue weighted by molar-refractivity contribution is 6.30. The molecule has 2 heterocycles. The molecule has 0 unspecified atom stereocenters. The molecule has 1 aromatic heterocycles.